The number of carboxylic acids is 1. The summed E-state index contributed by atoms with van der Waals surface area (Å²) in [6.07, 6.45) is 2.29. The van der Waals surface area contributed by atoms with E-state index in [4.69, 9.17) is 28.0 Å². The lowest BCUT2D eigenvalue weighted by molar-refractivity contribution is -0.143. The van der Waals surface area contributed by atoms with E-state index in [0.717, 1.165) is 0 Å². The van der Waals surface area contributed by atoms with Crippen LogP contribution in [0.4, 0.5) is 0 Å². The molecule has 0 saturated carbocycles. The Morgan fingerprint density at radius 2 is 1.51 bits per heavy atom. The van der Waals surface area contributed by atoms with Gasteiger partial charge < -0.3 is 49.1 Å². The van der Waals surface area contributed by atoms with Crippen LogP contribution in [0.1, 0.15) is 52.4 Å². The second-order valence-electron chi connectivity index (χ2n) is 8.35. The van der Waals surface area contributed by atoms with Crippen molar-refractivity contribution in [3.63, 3.8) is 0 Å². The topological polar surface area (TPSA) is 261 Å². The molecule has 3 amide bonds. The zero-order valence-corrected chi connectivity index (χ0v) is 20.5. The molecule has 0 aromatic heterocycles. The van der Waals surface area contributed by atoms with Crippen LogP contribution in [0, 0.1) is 5.92 Å². The van der Waals surface area contributed by atoms with Gasteiger partial charge in [0.2, 0.25) is 17.7 Å². The van der Waals surface area contributed by atoms with Crippen LogP contribution in [-0.2, 0) is 19.2 Å². The van der Waals surface area contributed by atoms with E-state index in [9.17, 15) is 24.3 Å². The van der Waals surface area contributed by atoms with Gasteiger partial charge in [-0.15, -0.1) is 0 Å². The summed E-state index contributed by atoms with van der Waals surface area (Å²) in [7, 11) is 0. The van der Waals surface area contributed by atoms with E-state index in [1.807, 2.05) is 6.92 Å². The van der Waals surface area contributed by atoms with Crippen LogP contribution < -0.4 is 38.9 Å². The number of aliphatic hydroxyl groups excluding tert-OH is 1. The average Bonchev–Trinajstić information content (AvgIpc) is 2.81. The van der Waals surface area contributed by atoms with Crippen LogP contribution in [-0.4, -0.2) is 83.7 Å². The lowest BCUT2D eigenvalue weighted by Crippen LogP contribution is -2.58. The number of carboxylic acid groups (broad SMARTS) is 1. The zero-order chi connectivity index (χ0) is 27.0. The highest BCUT2D eigenvalue weighted by Gasteiger charge is 2.32. The third kappa shape index (κ3) is 12.9. The van der Waals surface area contributed by atoms with Crippen LogP contribution in [0.2, 0.25) is 0 Å². The van der Waals surface area contributed by atoms with E-state index in [-0.39, 0.29) is 31.3 Å². The molecular weight excluding hydrogens is 460 g/mol. The van der Waals surface area contributed by atoms with E-state index < -0.39 is 54.5 Å². The molecule has 0 spiro atoms. The second-order valence-corrected chi connectivity index (χ2v) is 8.35. The first-order chi connectivity index (χ1) is 16.5. The summed E-state index contributed by atoms with van der Waals surface area (Å²) >= 11 is 0. The number of rotatable bonds is 18. The van der Waals surface area contributed by atoms with Crippen LogP contribution >= 0.6 is 0 Å². The monoisotopic (exact) mass is 502 g/mol. The molecule has 0 aliphatic rings. The Labute approximate surface area is 205 Å². The Bertz CT molecular complexity index is 716. The standard InChI is InChI=1S/C21H42N8O6/c1-3-12(2)16(19(33)28-15(20(34)35)7-4-5-9-22)29-18(32)14(8-6-10-26-21(24)25)27-17(31)13(23)11-30/h12-16,30H,3-11,22-23H2,1-2H3,(H,27,31)(H,28,33)(H,29,32)(H,34,35)(H4,24,25,26). The van der Waals surface area contributed by atoms with Gasteiger partial charge in [-0.1, -0.05) is 20.3 Å². The van der Waals surface area contributed by atoms with Crippen molar-refractivity contribution in [2.75, 3.05) is 19.7 Å². The van der Waals surface area contributed by atoms with E-state index in [2.05, 4.69) is 20.9 Å². The van der Waals surface area contributed by atoms with Gasteiger partial charge in [0.05, 0.1) is 6.61 Å². The Morgan fingerprint density at radius 3 is 2.03 bits per heavy atom. The van der Waals surface area contributed by atoms with Gasteiger partial charge in [-0.25, -0.2) is 4.79 Å². The second kappa shape index (κ2) is 17.5. The van der Waals surface area contributed by atoms with Crippen molar-refractivity contribution in [3.05, 3.63) is 0 Å². The molecule has 14 heteroatoms. The Balaban J connectivity index is 5.53. The molecule has 0 heterocycles. The Hall–Kier alpha value is -2.97. The van der Waals surface area contributed by atoms with Crippen molar-refractivity contribution < 1.29 is 29.4 Å². The summed E-state index contributed by atoms with van der Waals surface area (Å²) in [6.45, 7) is 3.55. The predicted molar refractivity (Wildman–Crippen MR) is 131 cm³/mol. The normalized spacial score (nSPS) is 15.1. The molecule has 0 rings (SSSR count). The van der Waals surface area contributed by atoms with Crippen LogP contribution in [0.5, 0.6) is 0 Å². The minimum Gasteiger partial charge on any atom is -0.480 e. The molecule has 0 aromatic rings. The van der Waals surface area contributed by atoms with Gasteiger partial charge in [-0.3, -0.25) is 19.4 Å². The van der Waals surface area contributed by atoms with Crippen molar-refractivity contribution in [1.29, 1.82) is 0 Å². The van der Waals surface area contributed by atoms with Gasteiger partial charge in [0.25, 0.3) is 0 Å². The number of hydrogen-bond donors (Lipinski definition) is 9. The quantitative estimate of drug-likeness (QED) is 0.0523. The summed E-state index contributed by atoms with van der Waals surface area (Å²) in [5, 5.41) is 26.2. The summed E-state index contributed by atoms with van der Waals surface area (Å²) in [4.78, 5) is 53.6. The third-order valence-electron chi connectivity index (χ3n) is 5.47. The number of aliphatic imine (C=N–C) groups is 1. The number of aliphatic hydroxyl groups is 1. The van der Waals surface area contributed by atoms with Crippen molar-refractivity contribution >= 4 is 29.7 Å². The summed E-state index contributed by atoms with van der Waals surface area (Å²) in [6, 6.07) is -4.50. The molecule has 0 fully saturated rings. The fourth-order valence-corrected chi connectivity index (χ4v) is 3.10. The molecule has 13 N–H and O–H groups in total. The minimum atomic E-state index is -1.23. The predicted octanol–water partition coefficient (Wildman–Crippen LogP) is -2.93. The van der Waals surface area contributed by atoms with Gasteiger partial charge >= 0.3 is 5.97 Å². The first-order valence-corrected chi connectivity index (χ1v) is 11.7. The maximum Gasteiger partial charge on any atom is 0.326 e. The summed E-state index contributed by atoms with van der Waals surface area (Å²) in [5.41, 5.74) is 21.6. The van der Waals surface area contributed by atoms with Crippen LogP contribution in [0.3, 0.4) is 0 Å². The highest BCUT2D eigenvalue weighted by Crippen LogP contribution is 2.11. The number of carbonyl (C=O) groups excluding carboxylic acids is 3. The van der Waals surface area contributed by atoms with Crippen LogP contribution in [0.25, 0.3) is 0 Å². The average molecular weight is 503 g/mol. The Morgan fingerprint density at radius 1 is 0.914 bits per heavy atom. The fraction of sp³-hybridized carbons (Fsp3) is 0.762. The van der Waals surface area contributed by atoms with Crippen molar-refractivity contribution in [2.45, 2.75) is 76.5 Å². The van der Waals surface area contributed by atoms with E-state index >= 15 is 0 Å². The lowest BCUT2D eigenvalue weighted by atomic mass is 9.96. The molecule has 0 aromatic carbocycles. The Kier molecular flexibility index (Phi) is 16.0. The first-order valence-electron chi connectivity index (χ1n) is 11.7. The number of nitrogens with zero attached hydrogens (tertiary/aromatic N) is 1. The number of amides is 3. The molecule has 5 atom stereocenters. The zero-order valence-electron chi connectivity index (χ0n) is 20.5. The molecule has 0 radical (unpaired) electrons. The number of unbranched alkanes of at least 4 members (excludes halogenated alkanes) is 1. The molecule has 35 heavy (non-hydrogen) atoms. The maximum atomic E-state index is 13.1. The number of hydrogen-bond acceptors (Lipinski definition) is 8. The van der Waals surface area contributed by atoms with Crippen molar-refractivity contribution in [3.8, 4) is 0 Å². The molecule has 0 saturated heterocycles. The first kappa shape index (κ1) is 32.0. The SMILES string of the molecule is CCC(C)C(NC(=O)C(CCCN=C(N)N)NC(=O)C(N)CO)C(=O)NC(CCCCN)C(=O)O. The molecule has 14 nitrogen and oxygen atoms in total. The highest BCUT2D eigenvalue weighted by atomic mass is 16.4. The van der Waals surface area contributed by atoms with Gasteiger partial charge in [0.1, 0.15) is 24.2 Å². The molecular formula is C21H42N8O6. The number of guanidine groups is 1. The van der Waals surface area contributed by atoms with Crippen molar-refractivity contribution in [2.24, 2.45) is 33.8 Å². The van der Waals surface area contributed by atoms with Gasteiger partial charge in [0.15, 0.2) is 5.96 Å². The lowest BCUT2D eigenvalue weighted by Gasteiger charge is -2.28. The largest absolute Gasteiger partial charge is 0.480 e. The van der Waals surface area contributed by atoms with Gasteiger partial charge in [-0.2, -0.15) is 0 Å². The van der Waals surface area contributed by atoms with Gasteiger partial charge in [0, 0.05) is 6.54 Å². The maximum absolute atomic E-state index is 13.1. The van der Waals surface area contributed by atoms with Crippen molar-refractivity contribution in [1.82, 2.24) is 16.0 Å². The molecule has 0 aliphatic heterocycles. The fourth-order valence-electron chi connectivity index (χ4n) is 3.10. The van der Waals surface area contributed by atoms with Gasteiger partial charge in [-0.05, 0) is 44.6 Å². The molecule has 0 bridgehead atoms. The summed E-state index contributed by atoms with van der Waals surface area (Å²) < 4.78 is 0. The van der Waals surface area contributed by atoms with Crippen LogP contribution in [0.15, 0.2) is 4.99 Å². The number of carbonyl (C=O) groups is 4. The van der Waals surface area contributed by atoms with E-state index in [1.54, 1.807) is 6.92 Å². The smallest absolute Gasteiger partial charge is 0.326 e. The van der Waals surface area contributed by atoms with E-state index in [1.165, 1.54) is 0 Å². The molecule has 202 valence electrons. The number of nitrogens with one attached hydrogen (secondary N) is 3. The van der Waals surface area contributed by atoms with E-state index in [0.29, 0.717) is 32.2 Å². The number of nitrogens with two attached hydrogens (primary N) is 4. The minimum absolute atomic E-state index is 0.120. The third-order valence-corrected chi connectivity index (χ3v) is 5.47. The number of aliphatic carboxylic acids is 1. The summed E-state index contributed by atoms with van der Waals surface area (Å²) in [5.74, 6) is -3.70. The molecule has 0 aliphatic carbocycles. The highest BCUT2D eigenvalue weighted by molar-refractivity contribution is 5.94. The molecule has 5 unspecified atom stereocenters.